The van der Waals surface area contributed by atoms with Gasteiger partial charge in [-0.1, -0.05) is 13.3 Å². The lowest BCUT2D eigenvalue weighted by Crippen LogP contribution is -2.71. The van der Waals surface area contributed by atoms with Gasteiger partial charge in [-0.2, -0.15) is 0 Å². The Kier molecular flexibility index (Phi) is 6.03. The van der Waals surface area contributed by atoms with Crippen molar-refractivity contribution in [1.82, 2.24) is 0 Å². The van der Waals surface area contributed by atoms with E-state index in [2.05, 4.69) is 4.74 Å². The smallest absolute Gasteiger partial charge is 0.396 e. The number of alkyl halides is 3. The van der Waals surface area contributed by atoms with Crippen LogP contribution >= 0.6 is 0 Å². The zero-order valence-corrected chi connectivity index (χ0v) is 13.4. The summed E-state index contributed by atoms with van der Waals surface area (Å²) in [4.78, 5) is 0. The second kappa shape index (κ2) is 6.74. The summed E-state index contributed by atoms with van der Waals surface area (Å²) in [6, 6.07) is 0.603. The molecule has 0 bridgehead atoms. The Hall–Kier alpha value is -0.153. The topological polar surface area (TPSA) is 36.9 Å². The molecule has 0 aromatic rings. The Morgan fingerprint density at radius 3 is 2.20 bits per heavy atom. The van der Waals surface area contributed by atoms with Crippen LogP contribution in [0.1, 0.15) is 32.6 Å². The summed E-state index contributed by atoms with van der Waals surface area (Å²) in [5, 5.41) is -1.14. The molecule has 0 saturated carbocycles. The van der Waals surface area contributed by atoms with E-state index in [4.69, 9.17) is 13.6 Å². The van der Waals surface area contributed by atoms with Crippen molar-refractivity contribution in [1.29, 1.82) is 0 Å². The van der Waals surface area contributed by atoms with Gasteiger partial charge in [0.15, 0.2) is 0 Å². The van der Waals surface area contributed by atoms with Crippen LogP contribution in [-0.2, 0) is 18.3 Å². The summed E-state index contributed by atoms with van der Waals surface area (Å²) in [5.41, 5.74) is 0. The lowest BCUT2D eigenvalue weighted by molar-refractivity contribution is -0.359. The number of rotatable bonds is 6. The Morgan fingerprint density at radius 2 is 1.80 bits per heavy atom. The summed E-state index contributed by atoms with van der Waals surface area (Å²) in [5.74, 6) is 0. The molecule has 120 valence electrons. The van der Waals surface area contributed by atoms with E-state index in [0.717, 1.165) is 0 Å². The quantitative estimate of drug-likeness (QED) is 0.706. The molecule has 0 aromatic heterocycles. The SMILES string of the molecule is CCCC1(OC)C(OC(F)(F)F)CCC[Si]1(OC)OC. The molecule has 0 amide bonds. The van der Waals surface area contributed by atoms with E-state index >= 15 is 0 Å². The molecular weight excluding hydrogens is 293 g/mol. The minimum Gasteiger partial charge on any atom is -0.396 e. The molecule has 1 saturated heterocycles. The third-order valence-corrected chi connectivity index (χ3v) is 8.45. The molecular formula is C12H23F3O4Si. The van der Waals surface area contributed by atoms with E-state index in [9.17, 15) is 13.2 Å². The zero-order chi connectivity index (χ0) is 15.4. The monoisotopic (exact) mass is 316 g/mol. The third kappa shape index (κ3) is 3.19. The standard InChI is InChI=1S/C12H23F3O4Si/c1-5-8-11(16-2)10(19-12(13,14)15)7-6-9-20(11,17-3)18-4/h10H,5-9H2,1-4H3. The molecule has 0 aromatic carbocycles. The highest BCUT2D eigenvalue weighted by Gasteiger charge is 2.65. The predicted molar refractivity (Wildman–Crippen MR) is 69.4 cm³/mol. The van der Waals surface area contributed by atoms with Crippen molar-refractivity contribution in [3.63, 3.8) is 0 Å². The minimum atomic E-state index is -4.69. The first kappa shape index (κ1) is 17.9. The molecule has 0 N–H and O–H groups in total. The van der Waals surface area contributed by atoms with Crippen LogP contribution in [0.5, 0.6) is 0 Å². The highest BCUT2D eigenvalue weighted by atomic mass is 28.4. The van der Waals surface area contributed by atoms with E-state index in [1.165, 1.54) is 21.3 Å². The van der Waals surface area contributed by atoms with Gasteiger partial charge in [0, 0.05) is 21.3 Å². The predicted octanol–water partition coefficient (Wildman–Crippen LogP) is 3.14. The van der Waals surface area contributed by atoms with E-state index in [1.807, 2.05) is 6.92 Å². The van der Waals surface area contributed by atoms with Gasteiger partial charge in [0.2, 0.25) is 0 Å². The Morgan fingerprint density at radius 1 is 1.20 bits per heavy atom. The molecule has 4 nitrogen and oxygen atoms in total. The fourth-order valence-corrected chi connectivity index (χ4v) is 7.26. The van der Waals surface area contributed by atoms with Crippen LogP contribution in [-0.4, -0.2) is 47.6 Å². The normalized spacial score (nSPS) is 30.4. The summed E-state index contributed by atoms with van der Waals surface area (Å²) in [6.45, 7) is 1.89. The van der Waals surface area contributed by atoms with E-state index in [-0.39, 0.29) is 6.42 Å². The highest BCUT2D eigenvalue weighted by Crippen LogP contribution is 2.45. The number of hydrogen-bond acceptors (Lipinski definition) is 4. The number of hydrogen-bond donors (Lipinski definition) is 0. The van der Waals surface area contributed by atoms with Crippen LogP contribution in [0.3, 0.4) is 0 Å². The van der Waals surface area contributed by atoms with Gasteiger partial charge in [0.25, 0.3) is 0 Å². The molecule has 1 fully saturated rings. The maximum atomic E-state index is 12.7. The summed E-state index contributed by atoms with van der Waals surface area (Å²) in [6.07, 6.45) is -3.85. The number of halogens is 3. The second-order valence-corrected chi connectivity index (χ2v) is 8.62. The molecule has 1 rings (SSSR count). The molecule has 1 aliphatic rings. The van der Waals surface area contributed by atoms with Crippen LogP contribution in [0.4, 0.5) is 13.2 Å². The fourth-order valence-electron chi connectivity index (χ4n) is 3.27. The Bertz CT molecular complexity index is 310. The van der Waals surface area contributed by atoms with Crippen LogP contribution in [0, 0.1) is 0 Å². The molecule has 1 heterocycles. The van der Waals surface area contributed by atoms with Crippen molar-refractivity contribution in [3.8, 4) is 0 Å². The van der Waals surface area contributed by atoms with Gasteiger partial charge in [-0.3, -0.25) is 4.74 Å². The number of methoxy groups -OCH3 is 1. The van der Waals surface area contributed by atoms with Crippen molar-refractivity contribution < 1.29 is 31.5 Å². The van der Waals surface area contributed by atoms with Gasteiger partial charge < -0.3 is 13.6 Å². The molecule has 2 atom stereocenters. The molecule has 2 unspecified atom stereocenters. The Labute approximate surface area is 118 Å². The van der Waals surface area contributed by atoms with Gasteiger partial charge in [0.05, 0.1) is 6.10 Å². The molecule has 0 radical (unpaired) electrons. The van der Waals surface area contributed by atoms with Gasteiger partial charge in [-0.15, -0.1) is 13.2 Å². The first-order chi connectivity index (χ1) is 9.30. The van der Waals surface area contributed by atoms with Gasteiger partial charge in [-0.05, 0) is 25.3 Å². The van der Waals surface area contributed by atoms with E-state index in [1.54, 1.807) is 0 Å². The lowest BCUT2D eigenvalue weighted by Gasteiger charge is -2.51. The average molecular weight is 316 g/mol. The van der Waals surface area contributed by atoms with Gasteiger partial charge in [0.1, 0.15) is 5.22 Å². The third-order valence-electron chi connectivity index (χ3n) is 4.06. The summed E-state index contributed by atoms with van der Waals surface area (Å²) >= 11 is 0. The van der Waals surface area contributed by atoms with Crippen LogP contribution < -0.4 is 0 Å². The van der Waals surface area contributed by atoms with Crippen LogP contribution in [0.15, 0.2) is 0 Å². The Balaban J connectivity index is 3.20. The summed E-state index contributed by atoms with van der Waals surface area (Å²) in [7, 11) is 1.43. The lowest BCUT2D eigenvalue weighted by atomic mass is 10.0. The van der Waals surface area contributed by atoms with Crippen LogP contribution in [0.2, 0.25) is 6.04 Å². The average Bonchev–Trinajstić information content (AvgIpc) is 2.39. The van der Waals surface area contributed by atoms with Crippen molar-refractivity contribution in [2.24, 2.45) is 0 Å². The highest BCUT2D eigenvalue weighted by molar-refractivity contribution is 6.71. The van der Waals surface area contributed by atoms with Gasteiger partial charge >= 0.3 is 14.9 Å². The van der Waals surface area contributed by atoms with Crippen molar-refractivity contribution in [3.05, 3.63) is 0 Å². The van der Waals surface area contributed by atoms with Crippen molar-refractivity contribution in [2.75, 3.05) is 21.3 Å². The maximum absolute atomic E-state index is 12.7. The maximum Gasteiger partial charge on any atom is 0.522 e. The largest absolute Gasteiger partial charge is 0.522 e. The molecule has 8 heteroatoms. The van der Waals surface area contributed by atoms with Crippen molar-refractivity contribution in [2.45, 2.75) is 56.3 Å². The van der Waals surface area contributed by atoms with Crippen LogP contribution in [0.25, 0.3) is 0 Å². The molecule has 0 spiro atoms. The zero-order valence-electron chi connectivity index (χ0n) is 12.4. The minimum absolute atomic E-state index is 0.287. The molecule has 1 aliphatic heterocycles. The first-order valence-electron chi connectivity index (χ1n) is 6.71. The van der Waals surface area contributed by atoms with Crippen molar-refractivity contribution >= 4 is 8.56 Å². The second-order valence-electron chi connectivity index (χ2n) is 4.95. The first-order valence-corrected chi connectivity index (χ1v) is 8.73. The van der Waals surface area contributed by atoms with E-state index < -0.39 is 26.3 Å². The number of ether oxygens (including phenoxy) is 2. The fraction of sp³-hybridized carbons (Fsp3) is 1.00. The van der Waals surface area contributed by atoms with Gasteiger partial charge in [-0.25, -0.2) is 0 Å². The molecule has 20 heavy (non-hydrogen) atoms. The summed E-state index contributed by atoms with van der Waals surface area (Å²) < 4.78 is 59.1. The molecule has 0 aliphatic carbocycles. The van der Waals surface area contributed by atoms with E-state index in [0.29, 0.717) is 25.3 Å².